The Hall–Kier alpha value is -3.63. The van der Waals surface area contributed by atoms with Crippen LogP contribution in [0.1, 0.15) is 38.7 Å². The number of anilines is 1. The quantitative estimate of drug-likeness (QED) is 0.197. The van der Waals surface area contributed by atoms with E-state index in [0.29, 0.717) is 17.3 Å². The van der Waals surface area contributed by atoms with Gasteiger partial charge in [0.1, 0.15) is 25.2 Å². The molecule has 1 aromatic heterocycles. The monoisotopic (exact) mass is 515 g/mol. The van der Waals surface area contributed by atoms with Crippen molar-refractivity contribution in [3.05, 3.63) is 52.4 Å². The molecule has 3 atom stereocenters. The lowest BCUT2D eigenvalue weighted by Crippen LogP contribution is -2.50. The molecule has 0 saturated heterocycles. The van der Waals surface area contributed by atoms with Crippen molar-refractivity contribution in [1.29, 1.82) is 10.8 Å². The van der Waals surface area contributed by atoms with Gasteiger partial charge in [-0.3, -0.25) is 4.79 Å². The van der Waals surface area contributed by atoms with E-state index in [9.17, 15) is 18.0 Å². The van der Waals surface area contributed by atoms with Crippen LogP contribution in [-0.2, 0) is 4.79 Å². The molecular weight excluding hydrogens is 483 g/mol. The van der Waals surface area contributed by atoms with Crippen molar-refractivity contribution in [3.8, 4) is 0 Å². The topological polar surface area (TPSA) is 140 Å². The first kappa shape index (κ1) is 26.4. The third-order valence-corrected chi connectivity index (χ3v) is 7.04. The smallest absolute Gasteiger partial charge is 0.248 e. The molecule has 1 aliphatic heterocycles. The number of amides is 1. The number of pyridine rings is 1. The van der Waals surface area contributed by atoms with Crippen molar-refractivity contribution in [2.45, 2.75) is 45.2 Å². The molecule has 8 nitrogen and oxygen atoms in total. The first-order valence-electron chi connectivity index (χ1n) is 12.3. The van der Waals surface area contributed by atoms with Crippen molar-refractivity contribution in [3.63, 3.8) is 0 Å². The molecule has 0 aromatic carbocycles. The van der Waals surface area contributed by atoms with Crippen molar-refractivity contribution in [1.82, 2.24) is 15.6 Å². The Kier molecular flexibility index (Phi) is 7.70. The largest absolute Gasteiger partial charge is 0.402 e. The maximum absolute atomic E-state index is 14.9. The number of carbonyl (C=O) groups is 1. The molecule has 198 valence electrons. The summed E-state index contributed by atoms with van der Waals surface area (Å²) in [4.78, 5) is 17.3. The second-order valence-corrected chi connectivity index (χ2v) is 9.85. The molecule has 11 heteroatoms. The molecule has 0 bridgehead atoms. The first-order valence-corrected chi connectivity index (χ1v) is 12.3. The highest BCUT2D eigenvalue weighted by Crippen LogP contribution is 2.57. The molecule has 7 N–H and O–H groups in total. The number of nitrogens with one attached hydrogen (secondary N) is 5. The van der Waals surface area contributed by atoms with Gasteiger partial charge < -0.3 is 32.5 Å². The fourth-order valence-corrected chi connectivity index (χ4v) is 5.21. The van der Waals surface area contributed by atoms with Crippen LogP contribution in [0.2, 0.25) is 0 Å². The van der Waals surface area contributed by atoms with Crippen LogP contribution in [0.15, 0.2) is 40.9 Å². The molecule has 2 fully saturated rings. The zero-order valence-corrected chi connectivity index (χ0v) is 20.8. The van der Waals surface area contributed by atoms with Gasteiger partial charge in [-0.25, -0.2) is 13.8 Å². The van der Waals surface area contributed by atoms with E-state index < -0.39 is 37.3 Å². The summed E-state index contributed by atoms with van der Waals surface area (Å²) < 4.78 is 41.3. The third-order valence-electron chi connectivity index (χ3n) is 7.04. The number of hydrogen-bond donors (Lipinski definition) is 6. The first-order chi connectivity index (χ1) is 17.7. The Morgan fingerprint density at radius 1 is 1.30 bits per heavy atom. The molecule has 37 heavy (non-hydrogen) atoms. The standard InChI is InChI=1S/C26H32F3N7O/c1-12(31)21(13(2)32)16-5-6-20(34-25(16)29)35-26(37)24-22(14-3-4-14)17-9-18(17)23(36-24)19(7-8-30)33-15(10-27)11-28/h5-8,14-15,17,22,24,30-31,33,36H,3-4,9-11,32H2,1-2H3,(H,34,35,37)/b19-7-,21-13+,30-8?,31-12?/t17?,22?,24-/m0/s1. The minimum Gasteiger partial charge on any atom is -0.402 e. The van der Waals surface area contributed by atoms with Gasteiger partial charge in [0.2, 0.25) is 11.9 Å². The summed E-state index contributed by atoms with van der Waals surface area (Å²) in [5.41, 5.74) is 8.56. The minimum absolute atomic E-state index is 0.0229. The van der Waals surface area contributed by atoms with Crippen LogP contribution in [0.25, 0.3) is 5.57 Å². The normalized spacial score (nSPS) is 23.6. The predicted octanol–water partition coefficient (Wildman–Crippen LogP) is 3.59. The lowest BCUT2D eigenvalue weighted by molar-refractivity contribution is -0.119. The zero-order valence-electron chi connectivity index (χ0n) is 20.8. The summed E-state index contributed by atoms with van der Waals surface area (Å²) in [7, 11) is 0. The van der Waals surface area contributed by atoms with Crippen LogP contribution in [-0.4, -0.2) is 48.3 Å². The molecule has 1 aromatic rings. The Morgan fingerprint density at radius 3 is 2.54 bits per heavy atom. The highest BCUT2D eigenvalue weighted by atomic mass is 19.1. The molecule has 4 rings (SSSR count). The average Bonchev–Trinajstić information content (AvgIpc) is 3.76. The van der Waals surface area contributed by atoms with Crippen molar-refractivity contribution >= 4 is 29.2 Å². The van der Waals surface area contributed by atoms with Gasteiger partial charge in [-0.15, -0.1) is 0 Å². The lowest BCUT2D eigenvalue weighted by Gasteiger charge is -2.33. The van der Waals surface area contributed by atoms with E-state index in [-0.39, 0.29) is 40.2 Å². The SMILES string of the molecule is CC(=N)/C(=C(/C)N)c1ccc(NC(=O)[C@H]2NC(/C(=C/C=N)NC(CF)CF)=C3CC3C2C2CC2)nc1F. The van der Waals surface area contributed by atoms with E-state index in [1.54, 1.807) is 6.92 Å². The second kappa shape index (κ2) is 10.8. The number of fused-ring (bicyclic) bond motifs is 1. The third kappa shape index (κ3) is 5.55. The lowest BCUT2D eigenvalue weighted by atomic mass is 9.85. The molecule has 3 aliphatic rings. The molecule has 0 radical (unpaired) electrons. The molecule has 2 aliphatic carbocycles. The summed E-state index contributed by atoms with van der Waals surface area (Å²) in [5, 5.41) is 24.1. The number of aromatic nitrogens is 1. The Bertz CT molecular complexity index is 1200. The van der Waals surface area contributed by atoms with E-state index in [1.165, 1.54) is 25.1 Å². The van der Waals surface area contributed by atoms with E-state index >= 15 is 0 Å². The second-order valence-electron chi connectivity index (χ2n) is 9.85. The van der Waals surface area contributed by atoms with Crippen LogP contribution in [0.3, 0.4) is 0 Å². The fourth-order valence-electron chi connectivity index (χ4n) is 5.21. The highest BCUT2D eigenvalue weighted by Gasteiger charge is 2.55. The van der Waals surface area contributed by atoms with Crippen LogP contribution >= 0.6 is 0 Å². The maximum Gasteiger partial charge on any atom is 0.248 e. The molecule has 2 saturated carbocycles. The van der Waals surface area contributed by atoms with Gasteiger partial charge in [-0.2, -0.15) is 4.39 Å². The number of rotatable bonds is 11. The van der Waals surface area contributed by atoms with Gasteiger partial charge in [0.15, 0.2) is 0 Å². The number of nitrogens with zero attached hydrogens (tertiary/aromatic N) is 1. The van der Waals surface area contributed by atoms with Gasteiger partial charge in [0.25, 0.3) is 0 Å². The van der Waals surface area contributed by atoms with Gasteiger partial charge in [0, 0.05) is 28.8 Å². The highest BCUT2D eigenvalue weighted by molar-refractivity contribution is 6.21. The van der Waals surface area contributed by atoms with Crippen LogP contribution in [0.5, 0.6) is 0 Å². The zero-order chi connectivity index (χ0) is 26.9. The number of nitrogens with two attached hydrogens (primary N) is 1. The Labute approximate surface area is 213 Å². The fraction of sp³-hybridized carbons (Fsp3) is 0.462. The summed E-state index contributed by atoms with van der Waals surface area (Å²) in [6, 6.07) is 1.17. The summed E-state index contributed by atoms with van der Waals surface area (Å²) in [5.74, 6) is -0.647. The maximum atomic E-state index is 14.9. The van der Waals surface area contributed by atoms with Gasteiger partial charge in [-0.1, -0.05) is 0 Å². The summed E-state index contributed by atoms with van der Waals surface area (Å²) >= 11 is 0. The van der Waals surface area contributed by atoms with Gasteiger partial charge in [0.05, 0.1) is 17.4 Å². The number of carbonyl (C=O) groups excluding carboxylic acids is 1. The minimum atomic E-state index is -1.06. The van der Waals surface area contributed by atoms with E-state index in [1.807, 2.05) is 0 Å². The number of halogens is 3. The van der Waals surface area contributed by atoms with Crippen LogP contribution in [0.4, 0.5) is 19.0 Å². The number of alkyl halides is 2. The summed E-state index contributed by atoms with van der Waals surface area (Å²) in [6.45, 7) is 1.24. The van der Waals surface area contributed by atoms with Crippen molar-refractivity contribution < 1.29 is 18.0 Å². The van der Waals surface area contributed by atoms with Crippen molar-refractivity contribution in [2.24, 2.45) is 23.5 Å². The van der Waals surface area contributed by atoms with Crippen LogP contribution < -0.4 is 21.7 Å². The molecular formula is C26H32F3N7O. The van der Waals surface area contributed by atoms with E-state index in [4.69, 9.17) is 16.6 Å². The van der Waals surface area contributed by atoms with Crippen molar-refractivity contribution in [2.75, 3.05) is 18.7 Å². The van der Waals surface area contributed by atoms with Gasteiger partial charge in [-0.05, 0) is 74.6 Å². The van der Waals surface area contributed by atoms with E-state index in [0.717, 1.165) is 31.1 Å². The Balaban J connectivity index is 1.58. The number of allylic oxidation sites excluding steroid dienone is 4. The van der Waals surface area contributed by atoms with E-state index in [2.05, 4.69) is 20.9 Å². The molecule has 2 heterocycles. The summed E-state index contributed by atoms with van der Waals surface area (Å²) in [6.07, 6.45) is 5.24. The van der Waals surface area contributed by atoms with Crippen LogP contribution in [0, 0.1) is 34.5 Å². The predicted molar refractivity (Wildman–Crippen MR) is 137 cm³/mol. The average molecular weight is 516 g/mol. The number of hydrogen-bond acceptors (Lipinski definition) is 7. The molecule has 1 amide bonds. The molecule has 0 spiro atoms. The van der Waals surface area contributed by atoms with Gasteiger partial charge >= 0.3 is 0 Å². The Morgan fingerprint density at radius 2 is 2.00 bits per heavy atom. The molecule has 2 unspecified atom stereocenters.